The molecule has 13 aromatic rings. The fourth-order valence-electron chi connectivity index (χ4n) is 9.82. The van der Waals surface area contributed by atoms with Gasteiger partial charge >= 0.3 is 0 Å². The van der Waals surface area contributed by atoms with Gasteiger partial charge in [-0.15, -0.1) is 11.3 Å². The highest BCUT2D eigenvalue weighted by atomic mass is 32.1. The molecule has 0 radical (unpaired) electrons. The molecule has 4 heteroatoms. The maximum atomic E-state index is 6.78. The molecule has 3 aromatic heterocycles. The summed E-state index contributed by atoms with van der Waals surface area (Å²) >= 11 is 1.85. The van der Waals surface area contributed by atoms with E-state index < -0.39 is 0 Å². The van der Waals surface area contributed by atoms with Crippen LogP contribution in [0.1, 0.15) is 0 Å². The van der Waals surface area contributed by atoms with Crippen molar-refractivity contribution >= 4 is 103 Å². The van der Waals surface area contributed by atoms with Crippen LogP contribution < -0.4 is 4.90 Å². The molecular formula is C58H36N2OS. The van der Waals surface area contributed by atoms with Crippen molar-refractivity contribution in [2.75, 3.05) is 4.90 Å². The summed E-state index contributed by atoms with van der Waals surface area (Å²) in [5.41, 5.74) is 13.2. The van der Waals surface area contributed by atoms with E-state index in [0.29, 0.717) is 0 Å². The van der Waals surface area contributed by atoms with E-state index in [1.54, 1.807) is 0 Å². The van der Waals surface area contributed by atoms with Gasteiger partial charge in [-0.2, -0.15) is 0 Å². The van der Waals surface area contributed by atoms with Crippen molar-refractivity contribution in [1.29, 1.82) is 0 Å². The van der Waals surface area contributed by atoms with Crippen molar-refractivity contribution < 1.29 is 4.42 Å². The Morgan fingerprint density at radius 2 is 1.03 bits per heavy atom. The van der Waals surface area contributed by atoms with Crippen LogP contribution in [0.15, 0.2) is 223 Å². The fourth-order valence-corrected chi connectivity index (χ4v) is 10.9. The van der Waals surface area contributed by atoms with Crippen LogP contribution in [-0.2, 0) is 0 Å². The first-order valence-electron chi connectivity index (χ1n) is 21.1. The lowest BCUT2D eigenvalue weighted by Crippen LogP contribution is -2.11. The van der Waals surface area contributed by atoms with E-state index in [9.17, 15) is 0 Å². The first kappa shape index (κ1) is 34.9. The number of fused-ring (bicyclic) bond motifs is 11. The molecule has 0 aliphatic rings. The van der Waals surface area contributed by atoms with E-state index >= 15 is 0 Å². The molecule has 0 aliphatic carbocycles. The van der Waals surface area contributed by atoms with Gasteiger partial charge in [-0.05, 0) is 89.3 Å². The predicted octanol–water partition coefficient (Wildman–Crippen LogP) is 17.0. The van der Waals surface area contributed by atoms with Gasteiger partial charge in [-0.25, -0.2) is 0 Å². The monoisotopic (exact) mass is 808 g/mol. The normalized spacial score (nSPS) is 11.9. The number of aromatic nitrogens is 1. The minimum absolute atomic E-state index is 0.860. The number of hydrogen-bond donors (Lipinski definition) is 0. The number of nitrogens with zero attached hydrogens (tertiary/aromatic N) is 2. The Bertz CT molecular complexity index is 3830. The Morgan fingerprint density at radius 3 is 1.85 bits per heavy atom. The summed E-state index contributed by atoms with van der Waals surface area (Å²) < 4.78 is 11.8. The number of furan rings is 1. The smallest absolute Gasteiger partial charge is 0.143 e. The zero-order valence-electron chi connectivity index (χ0n) is 33.5. The number of anilines is 3. The van der Waals surface area contributed by atoms with Crippen LogP contribution >= 0.6 is 11.3 Å². The van der Waals surface area contributed by atoms with E-state index in [4.69, 9.17) is 4.42 Å². The summed E-state index contributed by atoms with van der Waals surface area (Å²) in [5, 5.41) is 9.54. The van der Waals surface area contributed by atoms with Crippen LogP contribution in [-0.4, -0.2) is 4.57 Å². The van der Waals surface area contributed by atoms with E-state index in [-0.39, 0.29) is 0 Å². The summed E-state index contributed by atoms with van der Waals surface area (Å²) in [5.74, 6) is 0. The van der Waals surface area contributed by atoms with Gasteiger partial charge in [-0.1, -0.05) is 146 Å². The number of para-hydroxylation sites is 4. The lowest BCUT2D eigenvalue weighted by atomic mass is 9.98. The van der Waals surface area contributed by atoms with Crippen LogP contribution in [0.5, 0.6) is 0 Å². The average Bonchev–Trinajstić information content (AvgIpc) is 4.02. The van der Waals surface area contributed by atoms with E-state index in [2.05, 4.69) is 228 Å². The SMILES string of the molecule is c1ccc(N(c2ccc(-c3ccccc3-n3c4ccccc4c4ccccc43)cc2)c2cccc3oc4c5ccccc5ccc4c23)c(-c2ccc3sc4ccccc4c3c2)c1. The molecular weight excluding hydrogens is 773 g/mol. The van der Waals surface area contributed by atoms with Crippen molar-refractivity contribution in [3.63, 3.8) is 0 Å². The van der Waals surface area contributed by atoms with Gasteiger partial charge in [0.2, 0.25) is 0 Å². The molecule has 0 saturated heterocycles. The Hall–Kier alpha value is -7.92. The topological polar surface area (TPSA) is 21.3 Å². The summed E-state index contributed by atoms with van der Waals surface area (Å²) in [6, 6.07) is 79.2. The fraction of sp³-hybridized carbons (Fsp3) is 0. The number of hydrogen-bond acceptors (Lipinski definition) is 3. The van der Waals surface area contributed by atoms with Crippen LogP contribution in [0.3, 0.4) is 0 Å². The summed E-state index contributed by atoms with van der Waals surface area (Å²) in [4.78, 5) is 2.43. The van der Waals surface area contributed by atoms with Crippen LogP contribution in [0, 0.1) is 0 Å². The molecule has 3 nitrogen and oxygen atoms in total. The van der Waals surface area contributed by atoms with Gasteiger partial charge in [0.15, 0.2) is 0 Å². The Morgan fingerprint density at radius 1 is 0.403 bits per heavy atom. The first-order chi connectivity index (χ1) is 30.8. The lowest BCUT2D eigenvalue weighted by molar-refractivity contribution is 0.672. The molecule has 0 saturated carbocycles. The second kappa shape index (κ2) is 13.8. The van der Waals surface area contributed by atoms with Gasteiger partial charge in [0.05, 0.1) is 33.5 Å². The maximum Gasteiger partial charge on any atom is 0.143 e. The zero-order chi connectivity index (χ0) is 40.7. The number of benzene rings is 10. The summed E-state index contributed by atoms with van der Waals surface area (Å²) in [6.07, 6.45) is 0. The molecule has 0 amide bonds. The molecule has 0 unspecified atom stereocenters. The van der Waals surface area contributed by atoms with Crippen LogP contribution in [0.4, 0.5) is 17.1 Å². The quantitative estimate of drug-likeness (QED) is 0.167. The molecule has 3 heterocycles. The minimum Gasteiger partial charge on any atom is -0.455 e. The van der Waals surface area contributed by atoms with Crippen molar-refractivity contribution in [1.82, 2.24) is 4.57 Å². The van der Waals surface area contributed by atoms with Gasteiger partial charge in [0.25, 0.3) is 0 Å². The second-order valence-corrected chi connectivity index (χ2v) is 17.1. The standard InChI is InChI=1S/C58H36N2OS/c1-2-17-43-37(14-1)30-34-47-57-53(25-13-26-54(57)61-58(43)47)59(49-21-8-4-16-42(49)39-31-35-56-48(36-39)46-20-7-12-27-55(46)62-56)40-32-28-38(29-33-40)41-15-3-9-22-50(41)60-51-23-10-5-18-44(51)45-19-6-11-24-52(45)60/h1-36H. The Labute approximate surface area is 361 Å². The zero-order valence-corrected chi connectivity index (χ0v) is 34.3. The van der Waals surface area contributed by atoms with Crippen molar-refractivity contribution in [3.8, 4) is 27.9 Å². The lowest BCUT2D eigenvalue weighted by Gasteiger charge is -2.29. The molecule has 62 heavy (non-hydrogen) atoms. The van der Waals surface area contributed by atoms with Gasteiger partial charge in [0.1, 0.15) is 11.2 Å². The molecule has 0 aliphatic heterocycles. The molecule has 0 fully saturated rings. The molecule has 13 rings (SSSR count). The predicted molar refractivity (Wildman–Crippen MR) is 264 cm³/mol. The Kier molecular flexibility index (Phi) is 7.78. The first-order valence-corrected chi connectivity index (χ1v) is 21.9. The van der Waals surface area contributed by atoms with Gasteiger partial charge in [-0.3, -0.25) is 0 Å². The third-order valence-corrected chi connectivity index (χ3v) is 13.8. The molecule has 0 bridgehead atoms. The van der Waals surface area contributed by atoms with Gasteiger partial charge < -0.3 is 13.9 Å². The Balaban J connectivity index is 1.02. The van der Waals surface area contributed by atoms with E-state index in [0.717, 1.165) is 66.6 Å². The molecule has 0 atom stereocenters. The average molecular weight is 809 g/mol. The maximum absolute atomic E-state index is 6.78. The van der Waals surface area contributed by atoms with Crippen LogP contribution in [0.25, 0.3) is 103 Å². The molecule has 0 N–H and O–H groups in total. The van der Waals surface area contributed by atoms with Crippen molar-refractivity contribution in [3.05, 3.63) is 218 Å². The van der Waals surface area contributed by atoms with Crippen molar-refractivity contribution in [2.45, 2.75) is 0 Å². The highest BCUT2D eigenvalue weighted by Gasteiger charge is 2.23. The second-order valence-electron chi connectivity index (χ2n) is 16.0. The summed E-state index contributed by atoms with van der Waals surface area (Å²) in [7, 11) is 0. The molecule has 290 valence electrons. The van der Waals surface area contributed by atoms with Crippen molar-refractivity contribution in [2.24, 2.45) is 0 Å². The van der Waals surface area contributed by atoms with E-state index in [1.807, 2.05) is 11.3 Å². The highest BCUT2D eigenvalue weighted by Crippen LogP contribution is 2.48. The third-order valence-electron chi connectivity index (χ3n) is 12.6. The molecule has 0 spiro atoms. The number of rotatable bonds is 6. The highest BCUT2D eigenvalue weighted by molar-refractivity contribution is 7.25. The largest absolute Gasteiger partial charge is 0.455 e. The summed E-state index contributed by atoms with van der Waals surface area (Å²) in [6.45, 7) is 0. The third kappa shape index (κ3) is 5.30. The van der Waals surface area contributed by atoms with E-state index in [1.165, 1.54) is 53.1 Å². The van der Waals surface area contributed by atoms with Crippen LogP contribution in [0.2, 0.25) is 0 Å². The van der Waals surface area contributed by atoms with Gasteiger partial charge in [0, 0.05) is 58.5 Å². The minimum atomic E-state index is 0.860. The number of thiophene rings is 1. The molecule has 10 aromatic carbocycles.